The van der Waals surface area contributed by atoms with Gasteiger partial charge in [-0.2, -0.15) is 4.98 Å². The Morgan fingerprint density at radius 3 is 2.69 bits per heavy atom. The van der Waals surface area contributed by atoms with E-state index in [0.29, 0.717) is 23.7 Å². The third kappa shape index (κ3) is 4.07. The Morgan fingerprint density at radius 2 is 2.00 bits per heavy atom. The highest BCUT2D eigenvalue weighted by Crippen LogP contribution is 2.37. The van der Waals surface area contributed by atoms with Crippen LogP contribution in [0.1, 0.15) is 21.8 Å². The molecular weight excluding hydrogens is 392 g/mol. The molecule has 29 heavy (non-hydrogen) atoms. The summed E-state index contributed by atoms with van der Waals surface area (Å²) in [6, 6.07) is 4.75. The minimum atomic E-state index is -0.391. The minimum absolute atomic E-state index is 0.0735. The van der Waals surface area contributed by atoms with Crippen LogP contribution in [-0.2, 0) is 11.3 Å². The first-order chi connectivity index (χ1) is 13.9. The number of hydrogen-bond acceptors (Lipinski definition) is 7. The fourth-order valence-corrected chi connectivity index (χ4v) is 4.51. The van der Waals surface area contributed by atoms with Gasteiger partial charge in [0, 0.05) is 16.5 Å². The molecule has 9 heteroatoms. The van der Waals surface area contributed by atoms with Crippen molar-refractivity contribution in [2.75, 3.05) is 26.3 Å². The van der Waals surface area contributed by atoms with Crippen LogP contribution in [0.2, 0.25) is 0 Å². The fraction of sp³-hybridized carbons (Fsp3) is 0.400. The summed E-state index contributed by atoms with van der Waals surface area (Å²) >= 11 is 1.63. The zero-order chi connectivity index (χ0) is 20.5. The van der Waals surface area contributed by atoms with Crippen molar-refractivity contribution in [1.82, 2.24) is 9.97 Å². The third-order valence-electron chi connectivity index (χ3n) is 5.23. The Kier molecular flexibility index (Phi) is 5.44. The van der Waals surface area contributed by atoms with Crippen LogP contribution < -0.4 is 9.64 Å². The van der Waals surface area contributed by atoms with Crippen molar-refractivity contribution < 1.29 is 19.3 Å². The molecular formula is C20H23N4O4S+. The molecule has 0 atom stereocenters. The Balaban J connectivity index is 1.71. The normalized spacial score (nSPS) is 15.0. The second-order valence-electron chi connectivity index (χ2n) is 7.26. The first-order valence-corrected chi connectivity index (χ1v) is 10.3. The highest BCUT2D eigenvalue weighted by Gasteiger charge is 2.21. The van der Waals surface area contributed by atoms with Crippen LogP contribution in [0.25, 0.3) is 10.2 Å². The molecule has 1 aliphatic heterocycles. The molecule has 1 saturated heterocycles. The number of nitrogens with zero attached hydrogens (tertiary/aromatic N) is 3. The van der Waals surface area contributed by atoms with Crippen molar-refractivity contribution in [3.05, 3.63) is 50.1 Å². The van der Waals surface area contributed by atoms with E-state index in [0.717, 1.165) is 47.9 Å². The SMILES string of the molecule is Cc1cc(Oc2nc(C[NH+]3CCOCC3)nc3sc(C)c(C)c23)ccc1[N+](=O)[O-]. The van der Waals surface area contributed by atoms with E-state index in [4.69, 9.17) is 19.4 Å². The zero-order valence-corrected chi connectivity index (χ0v) is 17.5. The van der Waals surface area contributed by atoms with Crippen LogP contribution in [0.4, 0.5) is 5.69 Å². The van der Waals surface area contributed by atoms with Gasteiger partial charge in [-0.15, -0.1) is 11.3 Å². The summed E-state index contributed by atoms with van der Waals surface area (Å²) in [5.74, 6) is 1.78. The minimum Gasteiger partial charge on any atom is -0.438 e. The summed E-state index contributed by atoms with van der Waals surface area (Å²) in [4.78, 5) is 23.7. The number of thiophene rings is 1. The fourth-order valence-electron chi connectivity index (χ4n) is 3.48. The van der Waals surface area contributed by atoms with Crippen molar-refractivity contribution >= 4 is 27.2 Å². The quantitative estimate of drug-likeness (QED) is 0.509. The van der Waals surface area contributed by atoms with Crippen LogP contribution in [0.15, 0.2) is 18.2 Å². The summed E-state index contributed by atoms with van der Waals surface area (Å²) in [7, 11) is 0. The van der Waals surface area contributed by atoms with Gasteiger partial charge < -0.3 is 14.4 Å². The smallest absolute Gasteiger partial charge is 0.272 e. The molecule has 0 radical (unpaired) electrons. The largest absolute Gasteiger partial charge is 0.438 e. The van der Waals surface area contributed by atoms with Crippen LogP contribution in [0.5, 0.6) is 11.6 Å². The molecule has 0 amide bonds. The second-order valence-corrected chi connectivity index (χ2v) is 8.46. The molecule has 8 nitrogen and oxygen atoms in total. The van der Waals surface area contributed by atoms with Crippen LogP contribution in [0.3, 0.4) is 0 Å². The number of quaternary nitrogens is 1. The van der Waals surface area contributed by atoms with Crippen molar-refractivity contribution in [2.24, 2.45) is 0 Å². The molecule has 3 aromatic rings. The molecule has 1 aliphatic rings. The van der Waals surface area contributed by atoms with E-state index < -0.39 is 4.92 Å². The topological polar surface area (TPSA) is 91.8 Å². The molecule has 0 spiro atoms. The van der Waals surface area contributed by atoms with E-state index in [9.17, 15) is 10.1 Å². The predicted octanol–water partition coefficient (Wildman–Crippen LogP) is 2.73. The van der Waals surface area contributed by atoms with Gasteiger partial charge in [0.1, 0.15) is 30.2 Å². The lowest BCUT2D eigenvalue weighted by Gasteiger charge is -2.23. The van der Waals surface area contributed by atoms with Gasteiger partial charge in [0.2, 0.25) is 5.88 Å². The number of benzene rings is 1. The summed E-state index contributed by atoms with van der Waals surface area (Å²) in [6.45, 7) is 9.88. The molecule has 1 fully saturated rings. The van der Waals surface area contributed by atoms with Gasteiger partial charge in [-0.25, -0.2) is 4.98 Å². The van der Waals surface area contributed by atoms with Crippen molar-refractivity contribution in [3.63, 3.8) is 0 Å². The van der Waals surface area contributed by atoms with Crippen LogP contribution in [-0.4, -0.2) is 41.2 Å². The van der Waals surface area contributed by atoms with E-state index in [-0.39, 0.29) is 5.69 Å². The number of aromatic nitrogens is 2. The first kappa shape index (κ1) is 19.7. The number of nitro groups is 1. The number of hydrogen-bond donors (Lipinski definition) is 1. The van der Waals surface area contributed by atoms with Gasteiger partial charge in [0.15, 0.2) is 5.82 Å². The number of rotatable bonds is 5. The lowest BCUT2D eigenvalue weighted by Crippen LogP contribution is -3.12. The van der Waals surface area contributed by atoms with Crippen LogP contribution in [0, 0.1) is 30.9 Å². The number of nitro benzene ring substituents is 1. The molecule has 1 aromatic carbocycles. The summed E-state index contributed by atoms with van der Waals surface area (Å²) < 4.78 is 11.6. The van der Waals surface area contributed by atoms with Crippen LogP contribution >= 0.6 is 11.3 Å². The van der Waals surface area contributed by atoms with Gasteiger partial charge in [-0.05, 0) is 38.5 Å². The zero-order valence-electron chi connectivity index (χ0n) is 16.7. The van der Waals surface area contributed by atoms with Gasteiger partial charge in [0.05, 0.1) is 23.5 Å². The van der Waals surface area contributed by atoms with E-state index in [1.165, 1.54) is 15.8 Å². The van der Waals surface area contributed by atoms with Gasteiger partial charge in [0.25, 0.3) is 5.69 Å². The number of morpholine rings is 1. The number of nitrogens with one attached hydrogen (secondary N) is 1. The van der Waals surface area contributed by atoms with Crippen molar-refractivity contribution in [2.45, 2.75) is 27.3 Å². The third-order valence-corrected chi connectivity index (χ3v) is 6.33. The van der Waals surface area contributed by atoms with Gasteiger partial charge in [-0.1, -0.05) is 0 Å². The lowest BCUT2D eigenvalue weighted by molar-refractivity contribution is -0.922. The highest BCUT2D eigenvalue weighted by atomic mass is 32.1. The maximum absolute atomic E-state index is 11.1. The number of ether oxygens (including phenoxy) is 2. The first-order valence-electron chi connectivity index (χ1n) is 9.53. The molecule has 0 saturated carbocycles. The van der Waals surface area contributed by atoms with E-state index in [1.54, 1.807) is 30.4 Å². The molecule has 1 N–H and O–H groups in total. The Morgan fingerprint density at radius 1 is 1.24 bits per heavy atom. The average Bonchev–Trinajstić information content (AvgIpc) is 2.96. The molecule has 3 heterocycles. The molecule has 0 aliphatic carbocycles. The Bertz CT molecular complexity index is 1080. The predicted molar refractivity (Wildman–Crippen MR) is 110 cm³/mol. The Hall–Kier alpha value is -2.62. The monoisotopic (exact) mass is 415 g/mol. The highest BCUT2D eigenvalue weighted by molar-refractivity contribution is 7.18. The van der Waals surface area contributed by atoms with Gasteiger partial charge >= 0.3 is 0 Å². The number of fused-ring (bicyclic) bond motifs is 1. The summed E-state index contributed by atoms with van der Waals surface area (Å²) in [5.41, 5.74) is 1.72. The van der Waals surface area contributed by atoms with Crippen molar-refractivity contribution in [3.8, 4) is 11.6 Å². The average molecular weight is 415 g/mol. The van der Waals surface area contributed by atoms with E-state index >= 15 is 0 Å². The molecule has 152 valence electrons. The standard InChI is InChI=1S/C20H22N4O4S/c1-12-10-15(4-5-16(12)24(25)26)28-19-18-13(2)14(3)29-20(18)22-17(21-19)11-23-6-8-27-9-7-23/h4-5,10H,6-9,11H2,1-3H3/p+1. The molecule has 4 rings (SSSR count). The summed E-state index contributed by atoms with van der Waals surface area (Å²) in [5, 5.41) is 12.0. The Labute approximate surface area is 172 Å². The molecule has 2 aromatic heterocycles. The maximum atomic E-state index is 11.1. The lowest BCUT2D eigenvalue weighted by atomic mass is 10.2. The maximum Gasteiger partial charge on any atom is 0.272 e. The van der Waals surface area contributed by atoms with E-state index in [1.807, 2.05) is 6.92 Å². The van der Waals surface area contributed by atoms with Gasteiger partial charge in [-0.3, -0.25) is 10.1 Å². The molecule has 0 unspecified atom stereocenters. The number of aryl methyl sites for hydroxylation is 3. The summed E-state index contributed by atoms with van der Waals surface area (Å²) in [6.07, 6.45) is 0. The molecule has 0 bridgehead atoms. The van der Waals surface area contributed by atoms with Crippen molar-refractivity contribution in [1.29, 1.82) is 0 Å². The second kappa shape index (κ2) is 8.02. The van der Waals surface area contributed by atoms with E-state index in [2.05, 4.69) is 6.92 Å².